The first-order valence-electron chi connectivity index (χ1n) is 5.79. The molecule has 0 amide bonds. The van der Waals surface area contributed by atoms with Gasteiger partial charge in [-0.1, -0.05) is 6.07 Å². The van der Waals surface area contributed by atoms with Crippen molar-refractivity contribution >= 4 is 21.7 Å². The highest BCUT2D eigenvalue weighted by atomic mass is 32.2. The monoisotopic (exact) mass is 302 g/mol. The molecule has 2 rings (SSSR count). The minimum Gasteiger partial charge on any atom is -0.478 e. The lowest BCUT2D eigenvalue weighted by Gasteiger charge is -2.08. The minimum atomic E-state index is -3.83. The summed E-state index contributed by atoms with van der Waals surface area (Å²) >= 11 is 0. The van der Waals surface area contributed by atoms with Gasteiger partial charge in [-0.25, -0.2) is 13.2 Å². The number of hydrogen-bond donors (Lipinski definition) is 2. The Kier molecular flexibility index (Phi) is 3.91. The van der Waals surface area contributed by atoms with Gasteiger partial charge < -0.3 is 5.11 Å². The molecule has 0 aliphatic carbocycles. The van der Waals surface area contributed by atoms with Crippen LogP contribution < -0.4 is 4.72 Å². The van der Waals surface area contributed by atoms with Crippen LogP contribution in [0.5, 0.6) is 0 Å². The van der Waals surface area contributed by atoms with Gasteiger partial charge >= 0.3 is 5.97 Å². The molecule has 0 unspecified atom stereocenters. The van der Waals surface area contributed by atoms with E-state index < -0.39 is 16.0 Å². The van der Waals surface area contributed by atoms with Gasteiger partial charge in [0, 0.05) is 0 Å². The average Bonchev–Trinajstić information content (AvgIpc) is 2.47. The topological polar surface area (TPSA) is 107 Å². The summed E-state index contributed by atoms with van der Waals surface area (Å²) in [4.78, 5) is 10.7. The summed E-state index contributed by atoms with van der Waals surface area (Å²) in [6, 6.07) is 12.8. The summed E-state index contributed by atoms with van der Waals surface area (Å²) in [6.45, 7) is 0. The van der Waals surface area contributed by atoms with Gasteiger partial charge in [-0.15, -0.1) is 0 Å². The third kappa shape index (κ3) is 3.38. The fourth-order valence-electron chi connectivity index (χ4n) is 1.64. The highest BCUT2D eigenvalue weighted by Crippen LogP contribution is 2.17. The summed E-state index contributed by atoms with van der Waals surface area (Å²) in [5, 5.41) is 17.6. The number of rotatable bonds is 4. The second-order valence-electron chi connectivity index (χ2n) is 4.13. The molecule has 0 saturated carbocycles. The van der Waals surface area contributed by atoms with E-state index in [0.29, 0.717) is 5.56 Å². The number of nitrogens with one attached hydrogen (secondary N) is 1. The van der Waals surface area contributed by atoms with Gasteiger partial charge in [0.1, 0.15) is 0 Å². The summed E-state index contributed by atoms with van der Waals surface area (Å²) in [7, 11) is -3.83. The lowest BCUT2D eigenvalue weighted by atomic mass is 10.2. The fourth-order valence-corrected chi connectivity index (χ4v) is 2.69. The maximum Gasteiger partial charge on any atom is 0.335 e. The Balaban J connectivity index is 2.29. The Morgan fingerprint density at radius 1 is 1.14 bits per heavy atom. The van der Waals surface area contributed by atoms with E-state index >= 15 is 0 Å². The van der Waals surface area contributed by atoms with Crippen molar-refractivity contribution in [2.75, 3.05) is 4.72 Å². The van der Waals surface area contributed by atoms with Crippen molar-refractivity contribution in [1.29, 1.82) is 5.26 Å². The molecule has 2 aromatic rings. The van der Waals surface area contributed by atoms with Crippen LogP contribution in [0.1, 0.15) is 15.9 Å². The summed E-state index contributed by atoms with van der Waals surface area (Å²) < 4.78 is 26.6. The molecule has 0 aliphatic rings. The lowest BCUT2D eigenvalue weighted by molar-refractivity contribution is 0.0696. The van der Waals surface area contributed by atoms with Gasteiger partial charge in [-0.2, -0.15) is 5.26 Å². The van der Waals surface area contributed by atoms with Crippen LogP contribution in [0.25, 0.3) is 0 Å². The first-order chi connectivity index (χ1) is 9.92. The molecule has 0 radical (unpaired) electrons. The van der Waals surface area contributed by atoms with Crippen molar-refractivity contribution < 1.29 is 18.3 Å². The SMILES string of the molecule is N#Cc1cccc(NS(=O)(=O)c2ccc(C(=O)O)cc2)c1. The number of hydrogen-bond acceptors (Lipinski definition) is 4. The number of benzene rings is 2. The standard InChI is InChI=1S/C14H10N2O4S/c15-9-10-2-1-3-12(8-10)16-21(19,20)13-6-4-11(5-7-13)14(17)18/h1-8,16H,(H,17,18). The van der Waals surface area contributed by atoms with Gasteiger partial charge in [0.15, 0.2) is 0 Å². The average molecular weight is 302 g/mol. The summed E-state index contributed by atoms with van der Waals surface area (Å²) in [5.41, 5.74) is 0.591. The number of anilines is 1. The number of aromatic carboxylic acids is 1. The normalized spacial score (nSPS) is 10.6. The fraction of sp³-hybridized carbons (Fsp3) is 0. The molecule has 0 atom stereocenters. The molecule has 0 heterocycles. The predicted molar refractivity (Wildman–Crippen MR) is 75.4 cm³/mol. The number of carboxylic acid groups (broad SMARTS) is 1. The molecular formula is C14H10N2O4S. The van der Waals surface area contributed by atoms with Crippen molar-refractivity contribution in [3.05, 3.63) is 59.7 Å². The Morgan fingerprint density at radius 2 is 1.81 bits per heavy atom. The Hall–Kier alpha value is -2.85. The number of carbonyl (C=O) groups is 1. The van der Waals surface area contributed by atoms with E-state index in [-0.39, 0.29) is 16.1 Å². The third-order valence-electron chi connectivity index (χ3n) is 2.66. The van der Waals surface area contributed by atoms with Crippen molar-refractivity contribution in [1.82, 2.24) is 0 Å². The molecule has 0 spiro atoms. The summed E-state index contributed by atoms with van der Waals surface area (Å²) in [5.74, 6) is -1.13. The maximum atomic E-state index is 12.1. The number of sulfonamides is 1. The molecule has 6 nitrogen and oxygen atoms in total. The summed E-state index contributed by atoms with van der Waals surface area (Å²) in [6.07, 6.45) is 0. The molecule has 106 valence electrons. The first-order valence-corrected chi connectivity index (χ1v) is 7.27. The van der Waals surface area contributed by atoms with E-state index in [1.807, 2.05) is 6.07 Å². The molecule has 0 bridgehead atoms. The van der Waals surface area contributed by atoms with Gasteiger partial charge in [0.05, 0.1) is 27.8 Å². The lowest BCUT2D eigenvalue weighted by Crippen LogP contribution is -2.13. The van der Waals surface area contributed by atoms with Crippen LogP contribution >= 0.6 is 0 Å². The van der Waals surface area contributed by atoms with Crippen LogP contribution in [-0.2, 0) is 10.0 Å². The first kappa shape index (κ1) is 14.6. The molecule has 0 aromatic heterocycles. The Labute approximate surface area is 121 Å². The largest absolute Gasteiger partial charge is 0.478 e. The molecule has 7 heteroatoms. The second kappa shape index (κ2) is 5.64. The number of nitrogens with zero attached hydrogens (tertiary/aromatic N) is 1. The van der Waals surface area contributed by atoms with Crippen LogP contribution in [0.2, 0.25) is 0 Å². The van der Waals surface area contributed by atoms with Crippen molar-refractivity contribution in [2.45, 2.75) is 4.90 Å². The van der Waals surface area contributed by atoms with Gasteiger partial charge in [0.2, 0.25) is 0 Å². The molecule has 0 fully saturated rings. The van der Waals surface area contributed by atoms with E-state index in [2.05, 4.69) is 4.72 Å². The van der Waals surface area contributed by atoms with E-state index in [9.17, 15) is 13.2 Å². The zero-order chi connectivity index (χ0) is 15.5. The quantitative estimate of drug-likeness (QED) is 0.898. The molecular weight excluding hydrogens is 292 g/mol. The molecule has 2 aromatic carbocycles. The molecule has 21 heavy (non-hydrogen) atoms. The molecule has 2 N–H and O–H groups in total. The van der Waals surface area contributed by atoms with Crippen molar-refractivity contribution in [2.24, 2.45) is 0 Å². The van der Waals surface area contributed by atoms with Crippen molar-refractivity contribution in [3.8, 4) is 6.07 Å². The Morgan fingerprint density at radius 3 is 2.38 bits per heavy atom. The molecule has 0 saturated heterocycles. The van der Waals surface area contributed by atoms with Crippen molar-refractivity contribution in [3.63, 3.8) is 0 Å². The third-order valence-corrected chi connectivity index (χ3v) is 4.05. The van der Waals surface area contributed by atoms with Crippen LogP contribution in [0.4, 0.5) is 5.69 Å². The van der Waals surface area contributed by atoms with Crippen LogP contribution in [0.15, 0.2) is 53.4 Å². The van der Waals surface area contributed by atoms with E-state index in [1.165, 1.54) is 36.4 Å². The minimum absolute atomic E-state index is 0.000396. The van der Waals surface area contributed by atoms with Gasteiger partial charge in [-0.05, 0) is 42.5 Å². The zero-order valence-electron chi connectivity index (χ0n) is 10.6. The zero-order valence-corrected chi connectivity index (χ0v) is 11.5. The van der Waals surface area contributed by atoms with E-state index in [0.717, 1.165) is 0 Å². The van der Waals surface area contributed by atoms with Crippen LogP contribution in [-0.4, -0.2) is 19.5 Å². The van der Waals surface area contributed by atoms with Crippen LogP contribution in [0, 0.1) is 11.3 Å². The second-order valence-corrected chi connectivity index (χ2v) is 5.81. The van der Waals surface area contributed by atoms with E-state index in [1.54, 1.807) is 12.1 Å². The highest BCUT2D eigenvalue weighted by Gasteiger charge is 2.15. The van der Waals surface area contributed by atoms with Gasteiger partial charge in [0.25, 0.3) is 10.0 Å². The van der Waals surface area contributed by atoms with Crippen LogP contribution in [0.3, 0.4) is 0 Å². The van der Waals surface area contributed by atoms with E-state index in [4.69, 9.17) is 10.4 Å². The Bertz CT molecular complexity index is 821. The van der Waals surface area contributed by atoms with Gasteiger partial charge in [-0.3, -0.25) is 4.72 Å². The number of carboxylic acids is 1. The maximum absolute atomic E-state index is 12.1. The predicted octanol–water partition coefficient (Wildman–Crippen LogP) is 2.06. The number of nitriles is 1. The molecule has 0 aliphatic heterocycles. The smallest absolute Gasteiger partial charge is 0.335 e. The highest BCUT2D eigenvalue weighted by molar-refractivity contribution is 7.92.